The number of allylic oxidation sites excluding steroid dienone is 2. The number of fused-ring (bicyclic) bond motifs is 1. The lowest BCUT2D eigenvalue weighted by Gasteiger charge is -2.18. The van der Waals surface area contributed by atoms with Crippen molar-refractivity contribution in [1.29, 1.82) is 0 Å². The molecule has 0 amide bonds. The van der Waals surface area contributed by atoms with E-state index < -0.39 is 0 Å². The molecular formula is C16H20O. The van der Waals surface area contributed by atoms with E-state index >= 15 is 0 Å². The van der Waals surface area contributed by atoms with Crippen LogP contribution in [0.3, 0.4) is 0 Å². The van der Waals surface area contributed by atoms with Gasteiger partial charge in [0.1, 0.15) is 0 Å². The lowest BCUT2D eigenvalue weighted by Crippen LogP contribution is -2.09. The van der Waals surface area contributed by atoms with E-state index in [1.165, 1.54) is 27.8 Å². The van der Waals surface area contributed by atoms with Gasteiger partial charge in [-0.25, -0.2) is 0 Å². The summed E-state index contributed by atoms with van der Waals surface area (Å²) in [5.41, 5.74) is 6.60. The van der Waals surface area contributed by atoms with Gasteiger partial charge in [-0.15, -0.1) is 0 Å². The zero-order chi connectivity index (χ0) is 12.4. The van der Waals surface area contributed by atoms with Crippen LogP contribution in [0.25, 0.3) is 6.08 Å². The summed E-state index contributed by atoms with van der Waals surface area (Å²) in [7, 11) is 1.76. The molecule has 1 aliphatic carbocycles. The Morgan fingerprint density at radius 2 is 2.18 bits per heavy atom. The lowest BCUT2D eigenvalue weighted by molar-refractivity contribution is 0.119. The molecule has 0 radical (unpaired) electrons. The quantitative estimate of drug-likeness (QED) is 0.765. The van der Waals surface area contributed by atoms with E-state index in [-0.39, 0.29) is 6.10 Å². The lowest BCUT2D eigenvalue weighted by atomic mass is 9.88. The molecule has 90 valence electrons. The van der Waals surface area contributed by atoms with Gasteiger partial charge in [0.15, 0.2) is 0 Å². The molecule has 17 heavy (non-hydrogen) atoms. The van der Waals surface area contributed by atoms with Gasteiger partial charge in [0.2, 0.25) is 0 Å². The van der Waals surface area contributed by atoms with Crippen LogP contribution in [-0.2, 0) is 17.6 Å². The molecule has 0 fully saturated rings. The van der Waals surface area contributed by atoms with Crippen LogP contribution in [0.15, 0.2) is 35.9 Å². The highest BCUT2D eigenvalue weighted by molar-refractivity contribution is 5.66. The van der Waals surface area contributed by atoms with Gasteiger partial charge in [0.05, 0.1) is 6.10 Å². The Bertz CT molecular complexity index is 468. The molecule has 0 saturated heterocycles. The van der Waals surface area contributed by atoms with Gasteiger partial charge in [-0.05, 0) is 54.5 Å². The van der Waals surface area contributed by atoms with Gasteiger partial charge in [-0.2, -0.15) is 0 Å². The fourth-order valence-electron chi connectivity index (χ4n) is 2.19. The van der Waals surface area contributed by atoms with Crippen LogP contribution < -0.4 is 0 Å². The predicted octanol–water partition coefficient (Wildman–Crippen LogP) is 3.78. The van der Waals surface area contributed by atoms with E-state index in [9.17, 15) is 0 Å². The minimum absolute atomic E-state index is 0.275. The zero-order valence-electron chi connectivity index (χ0n) is 10.9. The summed E-state index contributed by atoms with van der Waals surface area (Å²) in [6, 6.07) is 6.71. The maximum absolute atomic E-state index is 5.31. The molecule has 1 unspecified atom stereocenters. The third kappa shape index (κ3) is 2.67. The Morgan fingerprint density at radius 3 is 2.88 bits per heavy atom. The van der Waals surface area contributed by atoms with Crippen molar-refractivity contribution in [1.82, 2.24) is 0 Å². The standard InChI is InChI=1S/C16H20O/c1-11-7-15-6-5-14(9-13(3)17-4)10-16(15)8-12(11)2/h5-6,8,10,13H,1,7,9H2,2-4H3. The average Bonchev–Trinajstić information content (AvgIpc) is 2.31. The van der Waals surface area contributed by atoms with Crippen LogP contribution >= 0.6 is 0 Å². The van der Waals surface area contributed by atoms with Crippen LogP contribution in [0, 0.1) is 0 Å². The number of hydrogen-bond donors (Lipinski definition) is 0. The molecule has 0 heterocycles. The first-order valence-corrected chi connectivity index (χ1v) is 6.11. The van der Waals surface area contributed by atoms with Crippen molar-refractivity contribution in [3.05, 3.63) is 52.6 Å². The number of methoxy groups -OCH3 is 1. The van der Waals surface area contributed by atoms with Gasteiger partial charge in [0.25, 0.3) is 0 Å². The van der Waals surface area contributed by atoms with E-state index in [1.54, 1.807) is 7.11 Å². The molecule has 1 aromatic rings. The second-order valence-electron chi connectivity index (χ2n) is 4.89. The van der Waals surface area contributed by atoms with Crippen molar-refractivity contribution in [3.8, 4) is 0 Å². The first-order valence-electron chi connectivity index (χ1n) is 6.11. The monoisotopic (exact) mass is 228 g/mol. The third-order valence-electron chi connectivity index (χ3n) is 3.47. The SMILES string of the molecule is C=C1Cc2ccc(CC(C)OC)cc2C=C1C. The molecule has 0 spiro atoms. The van der Waals surface area contributed by atoms with E-state index in [2.05, 4.69) is 44.7 Å². The minimum atomic E-state index is 0.275. The second kappa shape index (κ2) is 4.89. The van der Waals surface area contributed by atoms with Gasteiger partial charge in [-0.3, -0.25) is 0 Å². The second-order valence-corrected chi connectivity index (χ2v) is 4.89. The van der Waals surface area contributed by atoms with Gasteiger partial charge in [0, 0.05) is 7.11 Å². The van der Waals surface area contributed by atoms with E-state index in [0.717, 1.165) is 12.8 Å². The summed E-state index contributed by atoms with van der Waals surface area (Å²) in [6.07, 6.45) is 4.47. The summed E-state index contributed by atoms with van der Waals surface area (Å²) in [5, 5.41) is 0. The normalized spacial score (nSPS) is 16.4. The Hall–Kier alpha value is -1.34. The molecule has 1 aromatic carbocycles. The van der Waals surface area contributed by atoms with Crippen LogP contribution in [-0.4, -0.2) is 13.2 Å². The van der Waals surface area contributed by atoms with Crippen LogP contribution in [0.4, 0.5) is 0 Å². The highest BCUT2D eigenvalue weighted by atomic mass is 16.5. The molecule has 1 aliphatic rings. The van der Waals surface area contributed by atoms with Gasteiger partial charge in [-0.1, -0.05) is 30.9 Å². The topological polar surface area (TPSA) is 9.23 Å². The van der Waals surface area contributed by atoms with Crippen molar-refractivity contribution >= 4 is 6.08 Å². The Morgan fingerprint density at radius 1 is 1.41 bits per heavy atom. The highest BCUT2D eigenvalue weighted by Crippen LogP contribution is 2.27. The van der Waals surface area contributed by atoms with Crippen molar-refractivity contribution < 1.29 is 4.74 Å². The van der Waals surface area contributed by atoms with Crippen LogP contribution in [0.5, 0.6) is 0 Å². The summed E-state index contributed by atoms with van der Waals surface area (Å²) in [5.74, 6) is 0. The molecule has 0 N–H and O–H groups in total. The molecule has 0 saturated carbocycles. The van der Waals surface area contributed by atoms with Crippen LogP contribution in [0.2, 0.25) is 0 Å². The van der Waals surface area contributed by atoms with Crippen molar-refractivity contribution in [3.63, 3.8) is 0 Å². The van der Waals surface area contributed by atoms with E-state index in [1.807, 2.05) is 0 Å². The molecule has 0 aromatic heterocycles. The Balaban J connectivity index is 2.27. The Labute approximate surface area is 104 Å². The molecule has 0 aliphatic heterocycles. The molecule has 2 rings (SSSR count). The summed E-state index contributed by atoms with van der Waals surface area (Å²) < 4.78 is 5.31. The maximum atomic E-state index is 5.31. The Kier molecular flexibility index (Phi) is 3.49. The molecular weight excluding hydrogens is 208 g/mol. The highest BCUT2D eigenvalue weighted by Gasteiger charge is 2.12. The first-order chi connectivity index (χ1) is 8.10. The van der Waals surface area contributed by atoms with Crippen molar-refractivity contribution in [2.75, 3.05) is 7.11 Å². The molecule has 0 bridgehead atoms. The average molecular weight is 228 g/mol. The maximum Gasteiger partial charge on any atom is 0.0583 e. The number of hydrogen-bond acceptors (Lipinski definition) is 1. The largest absolute Gasteiger partial charge is 0.381 e. The van der Waals surface area contributed by atoms with Gasteiger partial charge >= 0.3 is 0 Å². The molecule has 1 atom stereocenters. The smallest absolute Gasteiger partial charge is 0.0583 e. The summed E-state index contributed by atoms with van der Waals surface area (Å²) >= 11 is 0. The third-order valence-corrected chi connectivity index (χ3v) is 3.47. The zero-order valence-corrected chi connectivity index (χ0v) is 10.9. The predicted molar refractivity (Wildman–Crippen MR) is 73.1 cm³/mol. The number of rotatable bonds is 3. The molecule has 1 nitrogen and oxygen atoms in total. The van der Waals surface area contributed by atoms with Crippen molar-refractivity contribution in [2.24, 2.45) is 0 Å². The fourth-order valence-corrected chi connectivity index (χ4v) is 2.19. The van der Waals surface area contributed by atoms with E-state index in [4.69, 9.17) is 4.74 Å². The summed E-state index contributed by atoms with van der Waals surface area (Å²) in [4.78, 5) is 0. The number of benzene rings is 1. The number of ether oxygens (including phenoxy) is 1. The van der Waals surface area contributed by atoms with E-state index in [0.29, 0.717) is 0 Å². The first kappa shape index (κ1) is 12.1. The van der Waals surface area contributed by atoms with Crippen LogP contribution in [0.1, 0.15) is 30.5 Å². The minimum Gasteiger partial charge on any atom is -0.381 e. The van der Waals surface area contributed by atoms with Gasteiger partial charge < -0.3 is 4.74 Å². The fraction of sp³-hybridized carbons (Fsp3) is 0.375. The molecule has 1 heteroatoms. The summed E-state index contributed by atoms with van der Waals surface area (Å²) in [6.45, 7) is 8.32. The van der Waals surface area contributed by atoms with Crippen molar-refractivity contribution in [2.45, 2.75) is 32.8 Å².